The Labute approximate surface area is 218 Å². The van der Waals surface area contributed by atoms with Crippen LogP contribution in [-0.2, 0) is 16.2 Å². The van der Waals surface area contributed by atoms with Crippen LogP contribution in [0.5, 0.6) is 5.75 Å². The van der Waals surface area contributed by atoms with E-state index >= 15 is 0 Å². The monoisotopic (exact) mass is 509 g/mol. The molecule has 0 saturated carbocycles. The average Bonchev–Trinajstić information content (AvgIpc) is 3.20. The normalized spacial score (nSPS) is 12.7. The molecule has 8 nitrogen and oxygen atoms in total. The van der Waals surface area contributed by atoms with Gasteiger partial charge in [-0.3, -0.25) is 10.1 Å². The second-order valence-corrected chi connectivity index (χ2v) is 9.60. The molecule has 0 fully saturated rings. The van der Waals surface area contributed by atoms with E-state index in [0.29, 0.717) is 23.8 Å². The van der Waals surface area contributed by atoms with E-state index in [1.54, 1.807) is 19.2 Å². The summed E-state index contributed by atoms with van der Waals surface area (Å²) in [7, 11) is 1.60. The maximum absolute atomic E-state index is 11.7. The van der Waals surface area contributed by atoms with Gasteiger partial charge >= 0.3 is 5.97 Å². The second kappa shape index (κ2) is 13.2. The molecule has 0 N–H and O–H groups in total. The first-order valence-electron chi connectivity index (χ1n) is 13.4. The van der Waals surface area contributed by atoms with Gasteiger partial charge in [-0.15, -0.1) is 0 Å². The van der Waals surface area contributed by atoms with Crippen LogP contribution in [0.4, 0.5) is 5.69 Å². The van der Waals surface area contributed by atoms with Crippen LogP contribution >= 0.6 is 0 Å². The first-order chi connectivity index (χ1) is 17.9. The molecular formula is C29H39N3O5. The van der Waals surface area contributed by atoms with E-state index in [2.05, 4.69) is 30.5 Å². The lowest BCUT2D eigenvalue weighted by Gasteiger charge is -2.18. The van der Waals surface area contributed by atoms with E-state index < -0.39 is 5.97 Å². The number of rotatable bonds is 14. The lowest BCUT2D eigenvalue weighted by molar-refractivity contribution is -0.384. The molecule has 3 rings (SSSR count). The summed E-state index contributed by atoms with van der Waals surface area (Å²) in [5, 5.41) is 17.4. The fourth-order valence-corrected chi connectivity index (χ4v) is 4.96. The number of methoxy groups -OCH3 is 1. The van der Waals surface area contributed by atoms with Crippen molar-refractivity contribution in [2.75, 3.05) is 7.11 Å². The van der Waals surface area contributed by atoms with Gasteiger partial charge in [0.15, 0.2) is 0 Å². The van der Waals surface area contributed by atoms with Crippen molar-refractivity contribution >= 4 is 39.2 Å². The predicted octanol–water partition coefficient (Wildman–Crippen LogP) is 7.78. The van der Waals surface area contributed by atoms with E-state index in [0.717, 1.165) is 72.4 Å². The Bertz CT molecular complexity index is 1280. The number of oxime groups is 1. The minimum atomic E-state index is -0.488. The molecule has 1 aromatic heterocycles. The van der Waals surface area contributed by atoms with Gasteiger partial charge in [-0.05, 0) is 43.4 Å². The third kappa shape index (κ3) is 6.48. The summed E-state index contributed by atoms with van der Waals surface area (Å²) in [4.78, 5) is 27.9. The summed E-state index contributed by atoms with van der Waals surface area (Å²) < 4.78 is 8.23. The predicted molar refractivity (Wildman–Crippen MR) is 148 cm³/mol. The van der Waals surface area contributed by atoms with Gasteiger partial charge < -0.3 is 14.1 Å². The maximum Gasteiger partial charge on any atom is 0.331 e. The molecule has 3 aromatic rings. The highest BCUT2D eigenvalue weighted by molar-refractivity contribution is 6.16. The van der Waals surface area contributed by atoms with Crippen LogP contribution in [0.1, 0.15) is 84.6 Å². The van der Waals surface area contributed by atoms with Gasteiger partial charge in [0, 0.05) is 42.1 Å². The molecule has 0 aliphatic heterocycles. The zero-order chi connectivity index (χ0) is 26.9. The van der Waals surface area contributed by atoms with Gasteiger partial charge in [-0.25, -0.2) is 4.79 Å². The van der Waals surface area contributed by atoms with Gasteiger partial charge in [0.2, 0.25) is 0 Å². The van der Waals surface area contributed by atoms with Crippen molar-refractivity contribution in [1.82, 2.24) is 4.57 Å². The first kappa shape index (κ1) is 28.2. The van der Waals surface area contributed by atoms with Crippen LogP contribution < -0.4 is 4.74 Å². The van der Waals surface area contributed by atoms with Crippen LogP contribution in [0.25, 0.3) is 21.8 Å². The van der Waals surface area contributed by atoms with Crippen LogP contribution in [0.15, 0.2) is 35.5 Å². The van der Waals surface area contributed by atoms with Crippen molar-refractivity contribution in [2.24, 2.45) is 11.1 Å². The largest absolute Gasteiger partial charge is 0.495 e. The fraction of sp³-hybridized carbons (Fsp3) is 0.517. The third-order valence-electron chi connectivity index (χ3n) is 6.98. The van der Waals surface area contributed by atoms with Crippen molar-refractivity contribution in [1.29, 1.82) is 0 Å². The molecule has 1 atom stereocenters. The number of carbonyl (C=O) groups excluding carboxylic acids is 1. The van der Waals surface area contributed by atoms with Crippen molar-refractivity contribution in [3.8, 4) is 5.75 Å². The van der Waals surface area contributed by atoms with Gasteiger partial charge in [0.1, 0.15) is 5.75 Å². The van der Waals surface area contributed by atoms with E-state index in [9.17, 15) is 14.9 Å². The highest BCUT2D eigenvalue weighted by atomic mass is 16.7. The van der Waals surface area contributed by atoms with E-state index in [1.165, 1.54) is 13.3 Å². The number of fused-ring (bicyclic) bond motifs is 3. The number of non-ortho nitro benzene ring substituents is 1. The molecule has 37 heavy (non-hydrogen) atoms. The van der Waals surface area contributed by atoms with Crippen LogP contribution in [0.3, 0.4) is 0 Å². The van der Waals surface area contributed by atoms with Gasteiger partial charge in [0.05, 0.1) is 28.6 Å². The number of nitro groups is 1. The smallest absolute Gasteiger partial charge is 0.331 e. The number of carbonyl (C=O) groups is 1. The van der Waals surface area contributed by atoms with Gasteiger partial charge in [-0.1, -0.05) is 58.0 Å². The molecule has 0 bridgehead atoms. The zero-order valence-electron chi connectivity index (χ0n) is 22.7. The highest BCUT2D eigenvalue weighted by Gasteiger charge is 2.23. The van der Waals surface area contributed by atoms with Crippen molar-refractivity contribution in [2.45, 2.75) is 85.6 Å². The van der Waals surface area contributed by atoms with Gasteiger partial charge in [0.25, 0.3) is 5.69 Å². The standard InChI is InChI=1S/C29H39N3O5/c1-6-9-11-13-25(30-37-20(4)33)23-15-17-27-28(29(23)36-5)24-18-22(32(34)35)14-16-26(24)31(27)19-21(8-3)12-10-7-2/h14-18,21H,6-13,19H2,1-5H3/b30-25+. The molecule has 0 saturated heterocycles. The second-order valence-electron chi connectivity index (χ2n) is 9.60. The molecule has 0 aliphatic carbocycles. The third-order valence-corrected chi connectivity index (χ3v) is 6.98. The highest BCUT2D eigenvalue weighted by Crippen LogP contribution is 2.41. The minimum Gasteiger partial charge on any atom is -0.495 e. The van der Waals surface area contributed by atoms with E-state index in [4.69, 9.17) is 9.57 Å². The van der Waals surface area contributed by atoms with E-state index in [-0.39, 0.29) is 10.6 Å². The van der Waals surface area contributed by atoms with Crippen molar-refractivity contribution < 1.29 is 19.3 Å². The summed E-state index contributed by atoms with van der Waals surface area (Å²) >= 11 is 0. The molecular weight excluding hydrogens is 470 g/mol. The van der Waals surface area contributed by atoms with Crippen molar-refractivity contribution in [3.05, 3.63) is 46.0 Å². The van der Waals surface area contributed by atoms with Crippen LogP contribution in [0, 0.1) is 16.0 Å². The van der Waals surface area contributed by atoms with Crippen molar-refractivity contribution in [3.63, 3.8) is 0 Å². The SMILES string of the molecule is CCCCC/C(=N\OC(C)=O)c1ccc2c(c1OC)c1cc([N+](=O)[O-])ccc1n2CC(CC)CCCC. The maximum atomic E-state index is 11.7. The molecule has 1 unspecified atom stereocenters. The average molecular weight is 510 g/mol. The number of hydrogen-bond acceptors (Lipinski definition) is 6. The van der Waals surface area contributed by atoms with Gasteiger partial charge in [-0.2, -0.15) is 0 Å². The molecule has 0 amide bonds. The minimum absolute atomic E-state index is 0.0359. The summed E-state index contributed by atoms with van der Waals surface area (Å²) in [5.41, 5.74) is 3.30. The Kier molecular flexibility index (Phi) is 10.1. The first-order valence-corrected chi connectivity index (χ1v) is 13.4. The number of hydrogen-bond donors (Lipinski definition) is 0. The summed E-state index contributed by atoms with van der Waals surface area (Å²) in [5.74, 6) is 0.596. The molecule has 200 valence electrons. The number of unbranched alkanes of at least 4 members (excludes halogenated alkanes) is 3. The molecule has 0 spiro atoms. The topological polar surface area (TPSA) is 96.0 Å². The summed E-state index contributed by atoms with van der Waals surface area (Å²) in [6, 6.07) is 9.04. The molecule has 1 heterocycles. The number of aromatic nitrogens is 1. The molecule has 2 aromatic carbocycles. The molecule has 0 radical (unpaired) electrons. The van der Waals surface area contributed by atoms with Crippen LogP contribution in [-0.4, -0.2) is 28.3 Å². The fourth-order valence-electron chi connectivity index (χ4n) is 4.96. The Morgan fingerprint density at radius 3 is 2.43 bits per heavy atom. The Morgan fingerprint density at radius 2 is 1.81 bits per heavy atom. The number of benzene rings is 2. The van der Waals surface area contributed by atoms with E-state index in [1.807, 2.05) is 18.2 Å². The number of ether oxygens (including phenoxy) is 1. The number of nitro benzene ring substituents is 1. The molecule has 0 aliphatic rings. The molecule has 8 heteroatoms. The summed E-state index contributed by atoms with van der Waals surface area (Å²) in [6.07, 6.45) is 8.08. The van der Waals surface area contributed by atoms with Crippen LogP contribution in [0.2, 0.25) is 0 Å². The lowest BCUT2D eigenvalue weighted by Crippen LogP contribution is -2.10. The summed E-state index contributed by atoms with van der Waals surface area (Å²) in [6.45, 7) is 8.69. The number of nitrogens with zero attached hydrogens (tertiary/aromatic N) is 3. The Balaban J connectivity index is 2.28. The quantitative estimate of drug-likeness (QED) is 0.0727. The Hall–Kier alpha value is -3.42. The zero-order valence-corrected chi connectivity index (χ0v) is 22.7. The lowest BCUT2D eigenvalue weighted by atomic mass is 9.99. The Morgan fingerprint density at radius 1 is 1.08 bits per heavy atom.